The van der Waals surface area contributed by atoms with Crippen LogP contribution in [0.15, 0.2) is 203 Å². The van der Waals surface area contributed by atoms with Crippen molar-refractivity contribution >= 4 is 65.4 Å². The molecule has 0 saturated heterocycles. The second-order valence-corrected chi connectivity index (χ2v) is 21.9. The standard InChI is InChI=1S/3C13H10N2.3C8H12N4.3C3H8.CH4.3Os/c3*1-9-8-10-4-2-6-14-12(10)13-11(9)5-3-7-15-13;3*1-9-3-5-11(7-9)12-6-4-10(2)8-12;3*1-3-2;;;;/h3*2-8H,1H3;3*3-8H,1-2H3;3*3H2,1-2H3;1H4;;;/q;;;3*-2;;;;;3*+2. The molecule has 21 heteroatoms. The first-order chi connectivity index (χ1) is 43.6. The number of aryl methyl sites for hydroxylation is 3. The first kappa shape index (κ1) is 80.3. The quantitative estimate of drug-likeness (QED) is 0.123. The third-order valence-corrected chi connectivity index (χ3v) is 13.3. The molecule has 6 aromatic heterocycles. The first-order valence-electron chi connectivity index (χ1n) is 30.6. The minimum Gasteiger partial charge on any atom is -0.509 e. The van der Waals surface area contributed by atoms with Crippen molar-refractivity contribution in [2.75, 3.05) is 42.3 Å². The van der Waals surface area contributed by atoms with Crippen LogP contribution in [0, 0.1) is 60.8 Å². The Morgan fingerprint density at radius 3 is 0.617 bits per heavy atom. The first-order valence-corrected chi connectivity index (χ1v) is 30.6. The van der Waals surface area contributed by atoms with Crippen LogP contribution in [-0.4, -0.2) is 132 Å². The molecule has 0 amide bonds. The zero-order valence-corrected chi connectivity index (χ0v) is 63.9. The van der Waals surface area contributed by atoms with Crippen LogP contribution in [0.25, 0.3) is 65.4 Å². The number of hydrogen-bond donors (Lipinski definition) is 0. The summed E-state index contributed by atoms with van der Waals surface area (Å²) in [7, 11) is 12.0. The van der Waals surface area contributed by atoms with Gasteiger partial charge >= 0.3 is 59.4 Å². The van der Waals surface area contributed by atoms with Crippen LogP contribution in [0.3, 0.4) is 0 Å². The molecule has 15 rings (SSSR count). The Balaban J connectivity index is 0.000000285. The van der Waals surface area contributed by atoms with Gasteiger partial charge in [-0.2, -0.15) is 0 Å². The maximum Gasteiger partial charge on any atom is 2.00 e. The Morgan fingerprint density at radius 1 is 0.277 bits per heavy atom. The van der Waals surface area contributed by atoms with Crippen LogP contribution in [0.5, 0.6) is 0 Å². The molecule has 6 aliphatic heterocycles. The van der Waals surface area contributed by atoms with E-state index in [1.54, 1.807) is 0 Å². The van der Waals surface area contributed by atoms with E-state index >= 15 is 0 Å². The monoisotopic (exact) mass is 1800 g/mol. The van der Waals surface area contributed by atoms with E-state index in [0.717, 1.165) is 49.3 Å². The van der Waals surface area contributed by atoms with Crippen LogP contribution in [-0.2, 0) is 59.4 Å². The van der Waals surface area contributed by atoms with E-state index in [-0.39, 0.29) is 66.8 Å². The van der Waals surface area contributed by atoms with Crippen LogP contribution in [0.1, 0.15) is 84.9 Å². The average molecular weight is 1790 g/mol. The molecular weight excluding hydrogens is 1700 g/mol. The second kappa shape index (κ2) is 41.0. The molecule has 0 atom stereocenters. The van der Waals surface area contributed by atoms with Gasteiger partial charge in [0.05, 0.1) is 33.1 Å². The smallest absolute Gasteiger partial charge is 0.509 e. The number of aromatic nitrogens is 6. The van der Waals surface area contributed by atoms with Crippen molar-refractivity contribution < 1.29 is 59.4 Å². The fourth-order valence-electron chi connectivity index (χ4n) is 9.31. The molecule has 0 aliphatic carbocycles. The molecule has 3 aromatic carbocycles. The summed E-state index contributed by atoms with van der Waals surface area (Å²) >= 11 is 0. The summed E-state index contributed by atoms with van der Waals surface area (Å²) in [5.74, 6) is 0. The Kier molecular flexibility index (Phi) is 35.0. The van der Waals surface area contributed by atoms with Gasteiger partial charge in [-0.05, 0) is 172 Å². The topological polar surface area (TPSA) is 116 Å². The fraction of sp³-hybridized carbons (Fsp3) is 0.260. The van der Waals surface area contributed by atoms with Gasteiger partial charge in [0.15, 0.2) is 0 Å². The molecule has 12 heterocycles. The Bertz CT molecular complexity index is 3430. The van der Waals surface area contributed by atoms with E-state index in [4.69, 9.17) is 0 Å². The molecule has 0 unspecified atom stereocenters. The maximum absolute atomic E-state index is 4.41. The van der Waals surface area contributed by atoms with Crippen LogP contribution in [0.2, 0.25) is 0 Å². The molecule has 18 nitrogen and oxygen atoms in total. The molecule has 0 saturated carbocycles. The summed E-state index contributed by atoms with van der Waals surface area (Å²) in [6.45, 7) is 31.1. The molecular formula is C73H94N18Os3. The third-order valence-electron chi connectivity index (χ3n) is 13.3. The predicted molar refractivity (Wildman–Crippen MR) is 378 cm³/mol. The molecule has 0 N–H and O–H groups in total. The Labute approximate surface area is 600 Å². The predicted octanol–water partition coefficient (Wildman–Crippen LogP) is 15.9. The average Bonchev–Trinajstić information content (AvgIpc) is 1.05. The zero-order valence-electron chi connectivity index (χ0n) is 56.2. The summed E-state index contributed by atoms with van der Waals surface area (Å²) in [6, 6.07) is 30.7. The van der Waals surface area contributed by atoms with Gasteiger partial charge in [0.1, 0.15) is 0 Å². The third kappa shape index (κ3) is 22.6. The van der Waals surface area contributed by atoms with Gasteiger partial charge in [-0.3, -0.25) is 29.9 Å². The number of hydrogen-bond acceptors (Lipinski definition) is 18. The minimum atomic E-state index is 0. The minimum absolute atomic E-state index is 0. The summed E-state index contributed by atoms with van der Waals surface area (Å²) in [6.07, 6.45) is 38.6. The van der Waals surface area contributed by atoms with Gasteiger partial charge in [0, 0.05) is 107 Å². The molecule has 0 spiro atoms. The van der Waals surface area contributed by atoms with Crippen LogP contribution in [0.4, 0.5) is 0 Å². The van der Waals surface area contributed by atoms with Gasteiger partial charge in [-0.15, -0.1) is 40.0 Å². The van der Waals surface area contributed by atoms with E-state index in [1.165, 1.54) is 52.1 Å². The molecule has 0 fully saturated rings. The summed E-state index contributed by atoms with van der Waals surface area (Å²) in [5.41, 5.74) is 9.68. The van der Waals surface area contributed by atoms with E-state index in [1.807, 2.05) is 290 Å². The van der Waals surface area contributed by atoms with Crippen molar-refractivity contribution in [2.24, 2.45) is 0 Å². The number of rotatable bonds is 3. The summed E-state index contributed by atoms with van der Waals surface area (Å²) in [4.78, 5) is 38.4. The number of hydrazine groups is 3. The van der Waals surface area contributed by atoms with Gasteiger partial charge in [-0.25, -0.2) is 0 Å². The number of pyridine rings is 6. The fourth-order valence-corrected chi connectivity index (χ4v) is 9.31. The van der Waals surface area contributed by atoms with Crippen LogP contribution >= 0.6 is 0 Å². The zero-order chi connectivity index (χ0) is 64.5. The molecule has 6 aliphatic rings. The van der Waals surface area contributed by atoms with Crippen molar-refractivity contribution in [1.29, 1.82) is 0 Å². The van der Waals surface area contributed by atoms with Crippen LogP contribution < -0.4 is 0 Å². The molecule has 0 radical (unpaired) electrons. The van der Waals surface area contributed by atoms with Crippen molar-refractivity contribution in [1.82, 2.24) is 89.4 Å². The molecule has 94 heavy (non-hydrogen) atoms. The van der Waals surface area contributed by atoms with Gasteiger partial charge in [0.25, 0.3) is 0 Å². The van der Waals surface area contributed by atoms with E-state index in [0.29, 0.717) is 0 Å². The van der Waals surface area contributed by atoms with E-state index in [2.05, 4.69) is 147 Å². The van der Waals surface area contributed by atoms with E-state index < -0.39 is 0 Å². The van der Waals surface area contributed by atoms with Gasteiger partial charge in [-0.1, -0.05) is 105 Å². The molecule has 9 aromatic rings. The SMILES string of the molecule is C.CCC.CCC.CCC.CN1C=CN(N2C=CN(C)[CH-]2)[CH-]1.CN1C=CN(N2C=CN(C)[CH-]2)[CH-]1.CN1C=CN(N2C=CN(C)[CH-]2)[CH-]1.Cc1cc2cccnc2c2ncccc12.Cc1cc2cccnc2c2ncccc12.Cc1cc2cccnc2c2ncccc12.[Os+2].[Os+2].[Os+2]. The maximum atomic E-state index is 4.41. The largest absolute Gasteiger partial charge is 2.00 e. The van der Waals surface area contributed by atoms with Crippen molar-refractivity contribution in [3.8, 4) is 0 Å². The normalized spacial score (nSPS) is 14.2. The Morgan fingerprint density at radius 2 is 0.447 bits per heavy atom. The van der Waals surface area contributed by atoms with E-state index in [9.17, 15) is 0 Å². The molecule has 500 valence electrons. The molecule has 0 bridgehead atoms. The number of fused-ring (bicyclic) bond motifs is 9. The summed E-state index contributed by atoms with van der Waals surface area (Å²) in [5, 5.41) is 19.0. The van der Waals surface area contributed by atoms with Crippen molar-refractivity contribution in [3.63, 3.8) is 0 Å². The van der Waals surface area contributed by atoms with Gasteiger partial charge in [0.2, 0.25) is 0 Å². The van der Waals surface area contributed by atoms with Crippen molar-refractivity contribution in [2.45, 2.75) is 89.0 Å². The number of nitrogens with zero attached hydrogens (tertiary/aromatic N) is 18. The van der Waals surface area contributed by atoms with Crippen molar-refractivity contribution in [3.05, 3.63) is 259 Å². The number of benzene rings is 3. The Hall–Kier alpha value is -7.93. The van der Waals surface area contributed by atoms with Gasteiger partial charge < -0.3 is 59.5 Å². The summed E-state index contributed by atoms with van der Waals surface area (Å²) < 4.78 is 0. The second-order valence-electron chi connectivity index (χ2n) is 21.9.